The molecule has 0 unspecified atom stereocenters. The minimum absolute atomic E-state index is 0.00807. The number of rotatable bonds is 3. The lowest BCUT2D eigenvalue weighted by atomic mass is 10.2. The molecule has 7 nitrogen and oxygen atoms in total. The van der Waals surface area contributed by atoms with Crippen LogP contribution in [0.5, 0.6) is 0 Å². The number of carbonyl (C=O) groups excluding carboxylic acids is 1. The fourth-order valence-corrected chi connectivity index (χ4v) is 1.85. The summed E-state index contributed by atoms with van der Waals surface area (Å²) in [5, 5.41) is 15.2. The summed E-state index contributed by atoms with van der Waals surface area (Å²) in [6.07, 6.45) is 0. The number of nitrogens with zero attached hydrogens (tertiary/aromatic N) is 2. The molecule has 0 aliphatic heterocycles. The number of carboxylic acids is 1. The van der Waals surface area contributed by atoms with E-state index in [2.05, 4.69) is 10.4 Å². The van der Waals surface area contributed by atoms with Crippen LogP contribution in [0, 0.1) is 0 Å². The molecule has 1 aromatic carbocycles. The molecule has 1 amide bonds. The zero-order valence-corrected chi connectivity index (χ0v) is 11.6. The maximum Gasteiger partial charge on any atom is 0.337 e. The Labute approximate surface area is 123 Å². The van der Waals surface area contributed by atoms with E-state index in [0.29, 0.717) is 5.69 Å². The second-order valence-electron chi connectivity index (χ2n) is 4.13. The van der Waals surface area contributed by atoms with Gasteiger partial charge in [0.05, 0.1) is 10.6 Å². The van der Waals surface area contributed by atoms with Crippen LogP contribution in [0.2, 0.25) is 5.02 Å². The van der Waals surface area contributed by atoms with Gasteiger partial charge in [0.1, 0.15) is 5.69 Å². The SMILES string of the molecule is Cn1nc(C(=O)Nc2ccc(C(=O)O)c(Cl)c2)ccc1=O. The Balaban J connectivity index is 2.23. The van der Waals surface area contributed by atoms with Crippen molar-refractivity contribution in [1.29, 1.82) is 0 Å². The number of carboxylic acid groups (broad SMARTS) is 1. The minimum atomic E-state index is -1.15. The number of halogens is 1. The van der Waals surface area contributed by atoms with E-state index in [4.69, 9.17) is 16.7 Å². The molecule has 108 valence electrons. The molecule has 0 aliphatic rings. The first-order chi connectivity index (χ1) is 9.88. The van der Waals surface area contributed by atoms with Crippen LogP contribution in [0.3, 0.4) is 0 Å². The quantitative estimate of drug-likeness (QED) is 0.892. The molecule has 2 rings (SSSR count). The Morgan fingerprint density at radius 2 is 2.00 bits per heavy atom. The maximum atomic E-state index is 12.0. The van der Waals surface area contributed by atoms with Gasteiger partial charge in [-0.2, -0.15) is 5.10 Å². The number of carbonyl (C=O) groups is 2. The number of hydrogen-bond acceptors (Lipinski definition) is 4. The third-order valence-corrected chi connectivity index (χ3v) is 2.96. The average molecular weight is 308 g/mol. The van der Waals surface area contributed by atoms with Gasteiger partial charge in [0, 0.05) is 18.8 Å². The van der Waals surface area contributed by atoms with Crippen LogP contribution in [0.4, 0.5) is 5.69 Å². The van der Waals surface area contributed by atoms with Gasteiger partial charge in [0.15, 0.2) is 0 Å². The molecule has 8 heteroatoms. The molecule has 0 saturated heterocycles. The molecule has 2 N–H and O–H groups in total. The van der Waals surface area contributed by atoms with Gasteiger partial charge in [-0.15, -0.1) is 0 Å². The Kier molecular flexibility index (Phi) is 4.04. The van der Waals surface area contributed by atoms with Gasteiger partial charge in [-0.05, 0) is 24.3 Å². The van der Waals surface area contributed by atoms with E-state index in [0.717, 1.165) is 4.68 Å². The van der Waals surface area contributed by atoms with Crippen LogP contribution < -0.4 is 10.9 Å². The lowest BCUT2D eigenvalue weighted by molar-refractivity contribution is 0.0697. The van der Waals surface area contributed by atoms with Crippen LogP contribution in [0.15, 0.2) is 35.1 Å². The highest BCUT2D eigenvalue weighted by Gasteiger charge is 2.12. The number of aryl methyl sites for hydroxylation is 1. The summed E-state index contributed by atoms with van der Waals surface area (Å²) in [5.74, 6) is -1.69. The standard InChI is InChI=1S/C13H10ClN3O4/c1-17-11(18)5-4-10(16-17)12(19)15-7-2-3-8(13(20)21)9(14)6-7/h2-6H,1H3,(H,15,19)(H,20,21). The first-order valence-corrected chi connectivity index (χ1v) is 6.15. The van der Waals surface area contributed by atoms with Gasteiger partial charge in [0.2, 0.25) is 0 Å². The number of amides is 1. The second kappa shape index (κ2) is 5.76. The summed E-state index contributed by atoms with van der Waals surface area (Å²) in [6.45, 7) is 0. The summed E-state index contributed by atoms with van der Waals surface area (Å²) < 4.78 is 1.04. The highest BCUT2D eigenvalue weighted by Crippen LogP contribution is 2.21. The van der Waals surface area contributed by atoms with Crippen LogP contribution in [-0.4, -0.2) is 26.8 Å². The second-order valence-corrected chi connectivity index (χ2v) is 4.54. The van der Waals surface area contributed by atoms with Crippen molar-refractivity contribution in [2.45, 2.75) is 0 Å². The van der Waals surface area contributed by atoms with Crippen LogP contribution in [0.1, 0.15) is 20.8 Å². The molecule has 0 spiro atoms. The van der Waals surface area contributed by atoms with Gasteiger partial charge in [0.25, 0.3) is 11.5 Å². The highest BCUT2D eigenvalue weighted by molar-refractivity contribution is 6.33. The van der Waals surface area contributed by atoms with Crippen LogP contribution >= 0.6 is 11.6 Å². The van der Waals surface area contributed by atoms with Crippen molar-refractivity contribution in [3.8, 4) is 0 Å². The first kappa shape index (κ1) is 14.7. The molecule has 0 atom stereocenters. The van der Waals surface area contributed by atoms with E-state index in [1.54, 1.807) is 0 Å². The van der Waals surface area contributed by atoms with E-state index in [-0.39, 0.29) is 21.8 Å². The molecule has 1 aromatic heterocycles. The van der Waals surface area contributed by atoms with Crippen molar-refractivity contribution in [1.82, 2.24) is 9.78 Å². The Bertz CT molecular complexity index is 785. The van der Waals surface area contributed by atoms with Gasteiger partial charge >= 0.3 is 5.97 Å². The van der Waals surface area contributed by atoms with E-state index in [1.807, 2.05) is 0 Å². The lowest BCUT2D eigenvalue weighted by Gasteiger charge is -2.07. The lowest BCUT2D eigenvalue weighted by Crippen LogP contribution is -2.23. The van der Waals surface area contributed by atoms with Crippen molar-refractivity contribution in [3.63, 3.8) is 0 Å². The largest absolute Gasteiger partial charge is 0.478 e. The Morgan fingerprint density at radius 3 is 2.57 bits per heavy atom. The predicted molar refractivity (Wildman–Crippen MR) is 75.8 cm³/mol. The van der Waals surface area contributed by atoms with E-state index < -0.39 is 11.9 Å². The zero-order chi connectivity index (χ0) is 15.6. The molecule has 21 heavy (non-hydrogen) atoms. The smallest absolute Gasteiger partial charge is 0.337 e. The summed E-state index contributed by atoms with van der Waals surface area (Å²) in [5.41, 5.74) is -0.0171. The fraction of sp³-hybridized carbons (Fsp3) is 0.0769. The summed E-state index contributed by atoms with van der Waals surface area (Å²) in [6, 6.07) is 6.54. The molecular formula is C13H10ClN3O4. The zero-order valence-electron chi connectivity index (χ0n) is 10.8. The van der Waals surface area contributed by atoms with Crippen LogP contribution in [0.25, 0.3) is 0 Å². The molecular weight excluding hydrogens is 298 g/mol. The van der Waals surface area contributed by atoms with E-state index in [1.165, 1.54) is 37.4 Å². The molecule has 1 heterocycles. The average Bonchev–Trinajstić information content (AvgIpc) is 2.41. The normalized spacial score (nSPS) is 10.2. The van der Waals surface area contributed by atoms with Gasteiger partial charge in [-0.1, -0.05) is 11.6 Å². The Morgan fingerprint density at radius 1 is 1.29 bits per heavy atom. The predicted octanol–water partition coefficient (Wildman–Crippen LogP) is 1.38. The van der Waals surface area contributed by atoms with E-state index >= 15 is 0 Å². The molecule has 0 radical (unpaired) electrons. The number of anilines is 1. The number of aromatic nitrogens is 2. The van der Waals surface area contributed by atoms with Crippen molar-refractivity contribution < 1.29 is 14.7 Å². The minimum Gasteiger partial charge on any atom is -0.478 e. The van der Waals surface area contributed by atoms with Crippen LogP contribution in [-0.2, 0) is 7.05 Å². The molecule has 0 aliphatic carbocycles. The monoisotopic (exact) mass is 307 g/mol. The highest BCUT2D eigenvalue weighted by atomic mass is 35.5. The number of aromatic carboxylic acids is 1. The molecule has 0 bridgehead atoms. The van der Waals surface area contributed by atoms with E-state index in [9.17, 15) is 14.4 Å². The van der Waals surface area contributed by atoms with Crippen molar-refractivity contribution >= 4 is 29.2 Å². The summed E-state index contributed by atoms with van der Waals surface area (Å²) in [7, 11) is 1.43. The molecule has 0 fully saturated rings. The van der Waals surface area contributed by atoms with Crippen molar-refractivity contribution in [2.24, 2.45) is 7.05 Å². The topological polar surface area (TPSA) is 101 Å². The van der Waals surface area contributed by atoms with Gasteiger partial charge in [-0.25, -0.2) is 9.48 Å². The third kappa shape index (κ3) is 3.26. The summed E-state index contributed by atoms with van der Waals surface area (Å²) >= 11 is 5.81. The van der Waals surface area contributed by atoms with Gasteiger partial charge < -0.3 is 10.4 Å². The molecule has 2 aromatic rings. The maximum absolute atomic E-state index is 12.0. The summed E-state index contributed by atoms with van der Waals surface area (Å²) in [4.78, 5) is 34.0. The first-order valence-electron chi connectivity index (χ1n) is 5.77. The number of hydrogen-bond donors (Lipinski definition) is 2. The third-order valence-electron chi connectivity index (χ3n) is 2.65. The number of benzene rings is 1. The number of nitrogens with one attached hydrogen (secondary N) is 1. The van der Waals surface area contributed by atoms with Crippen molar-refractivity contribution in [3.05, 3.63) is 57.0 Å². The Hall–Kier alpha value is -2.67. The molecule has 0 saturated carbocycles. The van der Waals surface area contributed by atoms with Gasteiger partial charge in [-0.3, -0.25) is 9.59 Å². The fourth-order valence-electron chi connectivity index (χ4n) is 1.58. The van der Waals surface area contributed by atoms with Crippen molar-refractivity contribution in [2.75, 3.05) is 5.32 Å².